The predicted molar refractivity (Wildman–Crippen MR) is 130 cm³/mol. The van der Waals surface area contributed by atoms with Crippen LogP contribution in [-0.4, -0.2) is 60.3 Å². The van der Waals surface area contributed by atoms with Crippen LogP contribution in [0.25, 0.3) is 22.2 Å². The largest absolute Gasteiger partial charge is 0.381 e. The van der Waals surface area contributed by atoms with Crippen LogP contribution in [0.3, 0.4) is 0 Å². The van der Waals surface area contributed by atoms with Gasteiger partial charge in [-0.3, -0.25) is 4.79 Å². The molecular formula is C27H32N4O3. The number of benzene rings is 1. The topological polar surface area (TPSA) is 79.5 Å². The van der Waals surface area contributed by atoms with Crippen LogP contribution < -0.4 is 5.32 Å². The summed E-state index contributed by atoms with van der Waals surface area (Å²) in [6.07, 6.45) is 6.50. The minimum atomic E-state index is 0.0940. The molecule has 178 valence electrons. The van der Waals surface area contributed by atoms with E-state index in [0.29, 0.717) is 26.4 Å². The Labute approximate surface area is 199 Å². The fraction of sp³-hybridized carbons (Fsp3) is 0.481. The van der Waals surface area contributed by atoms with Crippen LogP contribution in [0.15, 0.2) is 30.6 Å². The van der Waals surface area contributed by atoms with Gasteiger partial charge in [0.15, 0.2) is 0 Å². The van der Waals surface area contributed by atoms with Crippen LogP contribution in [0, 0.1) is 12.8 Å². The lowest BCUT2D eigenvalue weighted by Gasteiger charge is -2.36. The number of aryl methyl sites for hydroxylation is 1. The number of morpholine rings is 1. The lowest BCUT2D eigenvalue weighted by atomic mass is 9.86. The molecule has 1 unspecified atom stereocenters. The van der Waals surface area contributed by atoms with Crippen molar-refractivity contribution in [2.45, 2.75) is 38.8 Å². The molecule has 1 atom stereocenters. The first kappa shape index (κ1) is 21.8. The highest BCUT2D eigenvalue weighted by Gasteiger charge is 2.31. The van der Waals surface area contributed by atoms with Gasteiger partial charge in [0, 0.05) is 62.1 Å². The molecule has 0 spiro atoms. The molecule has 6 rings (SSSR count). The number of rotatable bonds is 3. The van der Waals surface area contributed by atoms with E-state index in [-0.39, 0.29) is 17.9 Å². The molecule has 0 saturated carbocycles. The number of carbonyl (C=O) groups is 1. The highest BCUT2D eigenvalue weighted by Crippen LogP contribution is 2.35. The SMILES string of the molecule is Cc1c[nH]c2ncc(-c3cc4c(c(C5COCCN5)c3)CN(C(=O)C3CCOCC3)CC4)cc12. The zero-order valence-electron chi connectivity index (χ0n) is 19.7. The Morgan fingerprint density at radius 3 is 2.82 bits per heavy atom. The van der Waals surface area contributed by atoms with E-state index < -0.39 is 0 Å². The number of aromatic nitrogens is 2. The molecule has 0 aliphatic carbocycles. The summed E-state index contributed by atoms with van der Waals surface area (Å²) in [4.78, 5) is 23.3. The molecule has 3 aromatic rings. The molecule has 1 amide bonds. The molecule has 2 fully saturated rings. The molecule has 3 aliphatic heterocycles. The van der Waals surface area contributed by atoms with Crippen molar-refractivity contribution in [2.75, 3.05) is 39.5 Å². The molecule has 5 heterocycles. The number of hydrogen-bond donors (Lipinski definition) is 2. The van der Waals surface area contributed by atoms with Crippen LogP contribution in [0.5, 0.6) is 0 Å². The molecule has 0 bridgehead atoms. The van der Waals surface area contributed by atoms with Crippen molar-refractivity contribution in [3.05, 3.63) is 52.8 Å². The van der Waals surface area contributed by atoms with E-state index in [0.717, 1.165) is 55.6 Å². The van der Waals surface area contributed by atoms with E-state index in [1.54, 1.807) is 0 Å². The molecule has 2 N–H and O–H groups in total. The van der Waals surface area contributed by atoms with Gasteiger partial charge in [-0.05, 0) is 66.1 Å². The van der Waals surface area contributed by atoms with Crippen LogP contribution in [0.2, 0.25) is 0 Å². The van der Waals surface area contributed by atoms with E-state index in [1.165, 1.54) is 27.8 Å². The second-order valence-corrected chi connectivity index (χ2v) is 9.77. The first-order valence-corrected chi connectivity index (χ1v) is 12.4. The minimum absolute atomic E-state index is 0.0940. The van der Waals surface area contributed by atoms with Crippen LogP contribution in [0.4, 0.5) is 0 Å². The highest BCUT2D eigenvalue weighted by atomic mass is 16.5. The van der Waals surface area contributed by atoms with E-state index in [2.05, 4.69) is 45.3 Å². The number of amides is 1. The zero-order chi connectivity index (χ0) is 23.1. The van der Waals surface area contributed by atoms with E-state index in [1.807, 2.05) is 12.4 Å². The fourth-order valence-electron chi connectivity index (χ4n) is 5.62. The Kier molecular flexibility index (Phi) is 5.85. The smallest absolute Gasteiger partial charge is 0.226 e. The maximum atomic E-state index is 13.3. The van der Waals surface area contributed by atoms with Gasteiger partial charge in [0.1, 0.15) is 5.65 Å². The zero-order valence-corrected chi connectivity index (χ0v) is 19.7. The predicted octanol–water partition coefficient (Wildman–Crippen LogP) is 3.51. The normalized spacial score (nSPS) is 21.6. The quantitative estimate of drug-likeness (QED) is 0.625. The van der Waals surface area contributed by atoms with Crippen molar-refractivity contribution in [1.82, 2.24) is 20.2 Å². The molecule has 2 saturated heterocycles. The molecule has 3 aliphatic rings. The summed E-state index contributed by atoms with van der Waals surface area (Å²) in [6.45, 7) is 7.16. The van der Waals surface area contributed by atoms with Crippen molar-refractivity contribution in [1.29, 1.82) is 0 Å². The summed E-state index contributed by atoms with van der Waals surface area (Å²) >= 11 is 0. The summed E-state index contributed by atoms with van der Waals surface area (Å²) < 4.78 is 11.3. The lowest BCUT2D eigenvalue weighted by Crippen LogP contribution is -2.42. The van der Waals surface area contributed by atoms with Crippen LogP contribution >= 0.6 is 0 Å². The number of nitrogens with zero attached hydrogens (tertiary/aromatic N) is 2. The Bertz CT molecular complexity index is 1210. The summed E-state index contributed by atoms with van der Waals surface area (Å²) in [7, 11) is 0. The van der Waals surface area contributed by atoms with Crippen molar-refractivity contribution in [3.63, 3.8) is 0 Å². The Hall–Kier alpha value is -2.74. The first-order chi connectivity index (χ1) is 16.7. The van der Waals surface area contributed by atoms with Gasteiger partial charge >= 0.3 is 0 Å². The van der Waals surface area contributed by atoms with Crippen LogP contribution in [0.1, 0.15) is 41.1 Å². The van der Waals surface area contributed by atoms with Gasteiger partial charge in [0.25, 0.3) is 0 Å². The number of pyridine rings is 1. The van der Waals surface area contributed by atoms with Gasteiger partial charge in [-0.25, -0.2) is 4.98 Å². The van der Waals surface area contributed by atoms with Gasteiger partial charge in [0.2, 0.25) is 5.91 Å². The first-order valence-electron chi connectivity index (χ1n) is 12.4. The third-order valence-corrected chi connectivity index (χ3v) is 7.63. The summed E-state index contributed by atoms with van der Waals surface area (Å²) in [5, 5.41) is 4.80. The Balaban J connectivity index is 1.37. The van der Waals surface area contributed by atoms with Gasteiger partial charge < -0.3 is 24.7 Å². The maximum absolute atomic E-state index is 13.3. The van der Waals surface area contributed by atoms with E-state index >= 15 is 0 Å². The molecule has 7 nitrogen and oxygen atoms in total. The lowest BCUT2D eigenvalue weighted by molar-refractivity contribution is -0.139. The number of H-pyrrole nitrogens is 1. The minimum Gasteiger partial charge on any atom is -0.381 e. The van der Waals surface area contributed by atoms with Gasteiger partial charge in [-0.2, -0.15) is 0 Å². The number of hydrogen-bond acceptors (Lipinski definition) is 5. The van der Waals surface area contributed by atoms with Crippen molar-refractivity contribution < 1.29 is 14.3 Å². The molecule has 0 radical (unpaired) electrons. The van der Waals surface area contributed by atoms with Crippen molar-refractivity contribution >= 4 is 16.9 Å². The Morgan fingerprint density at radius 2 is 2.00 bits per heavy atom. The van der Waals surface area contributed by atoms with Crippen molar-refractivity contribution in [3.8, 4) is 11.1 Å². The second kappa shape index (κ2) is 9.13. The van der Waals surface area contributed by atoms with Gasteiger partial charge in [-0.15, -0.1) is 0 Å². The molecule has 2 aromatic heterocycles. The number of fused-ring (bicyclic) bond motifs is 2. The van der Waals surface area contributed by atoms with Crippen LogP contribution in [-0.2, 0) is 27.2 Å². The number of ether oxygens (including phenoxy) is 2. The third kappa shape index (κ3) is 4.02. The average Bonchev–Trinajstić information content (AvgIpc) is 3.28. The fourth-order valence-corrected chi connectivity index (χ4v) is 5.62. The van der Waals surface area contributed by atoms with Gasteiger partial charge in [0.05, 0.1) is 19.3 Å². The van der Waals surface area contributed by atoms with Gasteiger partial charge in [-0.1, -0.05) is 6.07 Å². The summed E-state index contributed by atoms with van der Waals surface area (Å²) in [5.41, 5.74) is 8.29. The third-order valence-electron chi connectivity index (χ3n) is 7.63. The highest BCUT2D eigenvalue weighted by molar-refractivity contribution is 5.85. The maximum Gasteiger partial charge on any atom is 0.226 e. The van der Waals surface area contributed by atoms with E-state index in [9.17, 15) is 4.79 Å². The van der Waals surface area contributed by atoms with E-state index in [4.69, 9.17) is 9.47 Å². The van der Waals surface area contributed by atoms with Crippen molar-refractivity contribution in [2.24, 2.45) is 5.92 Å². The standard InChI is InChI=1S/C27H32N4O3/c1-17-13-29-26-22(17)12-21(14-30-26)20-10-19-2-6-31(27(32)18-3-7-33-8-4-18)15-24(19)23(11-20)25-16-34-9-5-28-25/h10-14,18,25,28H,2-9,15-16H2,1H3,(H,29,30). The number of nitrogens with one attached hydrogen (secondary N) is 2. The number of carbonyl (C=O) groups excluding carboxylic acids is 1. The summed E-state index contributed by atoms with van der Waals surface area (Å²) in [5.74, 6) is 0.381. The number of aromatic amines is 1. The monoisotopic (exact) mass is 460 g/mol. The molecule has 1 aromatic carbocycles. The Morgan fingerprint density at radius 1 is 1.12 bits per heavy atom. The molecule has 7 heteroatoms. The molecule has 34 heavy (non-hydrogen) atoms. The average molecular weight is 461 g/mol. The molecular weight excluding hydrogens is 428 g/mol. The second-order valence-electron chi connectivity index (χ2n) is 9.77. The summed E-state index contributed by atoms with van der Waals surface area (Å²) in [6, 6.07) is 6.96.